The van der Waals surface area contributed by atoms with Crippen LogP contribution in [-0.4, -0.2) is 26.6 Å². The number of para-hydroxylation sites is 1. The van der Waals surface area contributed by atoms with E-state index < -0.39 is 15.9 Å². The van der Waals surface area contributed by atoms with Gasteiger partial charge < -0.3 is 0 Å². The molecular formula is C28H33N3O3S. The number of carbonyl (C=O) groups is 1. The summed E-state index contributed by atoms with van der Waals surface area (Å²) in [5.74, 6) is -0.507. The summed E-state index contributed by atoms with van der Waals surface area (Å²) in [6.45, 7) is 7.68. The van der Waals surface area contributed by atoms with Crippen LogP contribution in [0.25, 0.3) is 0 Å². The Hall–Kier alpha value is -3.45. The molecule has 3 aromatic rings. The van der Waals surface area contributed by atoms with Gasteiger partial charge in [0.25, 0.3) is 15.9 Å². The summed E-state index contributed by atoms with van der Waals surface area (Å²) in [6.07, 6.45) is 1.27. The highest BCUT2D eigenvalue weighted by atomic mass is 32.2. The maximum atomic E-state index is 13.5. The zero-order valence-corrected chi connectivity index (χ0v) is 21.5. The standard InChI is InChI=1S/C28H33N3O3S/c1-5-23-14-12-13-19-26(23)31(35(33,34)25-17-10-7-11-18-25)21-27(32)30-29-22(2)20-28(3,4)24-15-8-6-9-16-24/h6-19H,5,20-21H2,1-4H3,(H,30,32)/b29-22-. The summed E-state index contributed by atoms with van der Waals surface area (Å²) >= 11 is 0. The van der Waals surface area contributed by atoms with Crippen molar-refractivity contribution in [2.24, 2.45) is 5.10 Å². The van der Waals surface area contributed by atoms with E-state index in [0.29, 0.717) is 18.5 Å². The molecule has 0 saturated carbocycles. The lowest BCUT2D eigenvalue weighted by molar-refractivity contribution is -0.119. The van der Waals surface area contributed by atoms with Gasteiger partial charge in [-0.25, -0.2) is 13.8 Å². The molecule has 0 aromatic heterocycles. The van der Waals surface area contributed by atoms with Gasteiger partial charge in [-0.1, -0.05) is 87.5 Å². The monoisotopic (exact) mass is 491 g/mol. The van der Waals surface area contributed by atoms with Crippen molar-refractivity contribution < 1.29 is 13.2 Å². The lowest BCUT2D eigenvalue weighted by Gasteiger charge is -2.26. The third kappa shape index (κ3) is 6.57. The summed E-state index contributed by atoms with van der Waals surface area (Å²) in [4.78, 5) is 13.0. The molecule has 0 atom stereocenters. The van der Waals surface area contributed by atoms with E-state index >= 15 is 0 Å². The molecule has 3 rings (SSSR count). The third-order valence-corrected chi connectivity index (χ3v) is 7.66. The van der Waals surface area contributed by atoms with Crippen molar-refractivity contribution >= 4 is 27.3 Å². The summed E-state index contributed by atoms with van der Waals surface area (Å²) in [7, 11) is -3.96. The Morgan fingerprint density at radius 1 is 0.914 bits per heavy atom. The van der Waals surface area contributed by atoms with Crippen molar-refractivity contribution in [2.75, 3.05) is 10.8 Å². The minimum atomic E-state index is -3.96. The van der Waals surface area contributed by atoms with E-state index in [9.17, 15) is 13.2 Å². The molecule has 0 aliphatic heterocycles. The first-order valence-electron chi connectivity index (χ1n) is 11.7. The van der Waals surface area contributed by atoms with Crippen molar-refractivity contribution in [1.82, 2.24) is 5.43 Å². The van der Waals surface area contributed by atoms with E-state index in [2.05, 4.69) is 36.5 Å². The van der Waals surface area contributed by atoms with Crippen LogP contribution in [0.4, 0.5) is 5.69 Å². The predicted octanol–water partition coefficient (Wildman–Crippen LogP) is 5.30. The molecule has 184 valence electrons. The lowest BCUT2D eigenvalue weighted by Crippen LogP contribution is -2.40. The molecule has 0 heterocycles. The topological polar surface area (TPSA) is 78.8 Å². The van der Waals surface area contributed by atoms with Crippen LogP contribution in [0, 0.1) is 0 Å². The van der Waals surface area contributed by atoms with Crippen LogP contribution in [-0.2, 0) is 26.7 Å². The Morgan fingerprint density at radius 3 is 2.11 bits per heavy atom. The number of aryl methyl sites for hydroxylation is 1. The van der Waals surface area contributed by atoms with Gasteiger partial charge in [0.1, 0.15) is 6.54 Å². The Labute approximate surface area is 208 Å². The number of hydrazone groups is 1. The van der Waals surface area contributed by atoms with Crippen molar-refractivity contribution in [3.05, 3.63) is 96.1 Å². The number of anilines is 1. The fourth-order valence-corrected chi connectivity index (χ4v) is 5.55. The molecule has 0 saturated heterocycles. The van der Waals surface area contributed by atoms with Crippen molar-refractivity contribution in [1.29, 1.82) is 0 Å². The normalized spacial score (nSPS) is 12.3. The van der Waals surface area contributed by atoms with Gasteiger partial charge in [0.05, 0.1) is 10.6 Å². The zero-order valence-electron chi connectivity index (χ0n) is 20.7. The first kappa shape index (κ1) is 26.2. The quantitative estimate of drug-likeness (QED) is 0.309. The number of benzene rings is 3. The molecular weight excluding hydrogens is 458 g/mol. The van der Waals surface area contributed by atoms with Gasteiger partial charge in [-0.2, -0.15) is 5.10 Å². The molecule has 0 spiro atoms. The minimum absolute atomic E-state index is 0.128. The van der Waals surface area contributed by atoms with Crippen molar-refractivity contribution in [3.63, 3.8) is 0 Å². The second-order valence-electron chi connectivity index (χ2n) is 9.12. The molecule has 7 heteroatoms. The molecule has 3 aromatic carbocycles. The van der Waals surface area contributed by atoms with Crippen LogP contribution in [0.5, 0.6) is 0 Å². The fourth-order valence-electron chi connectivity index (χ4n) is 4.07. The number of hydrogen-bond donors (Lipinski definition) is 1. The first-order chi connectivity index (χ1) is 16.6. The SMILES string of the molecule is CCc1ccccc1N(CC(=O)N/N=C(/C)CC(C)(C)c1ccccc1)S(=O)(=O)c1ccccc1. The summed E-state index contributed by atoms with van der Waals surface area (Å²) in [6, 6.07) is 25.5. The average molecular weight is 492 g/mol. The Balaban J connectivity index is 1.82. The maximum absolute atomic E-state index is 13.5. The zero-order chi connectivity index (χ0) is 25.5. The largest absolute Gasteiger partial charge is 0.271 e. The summed E-state index contributed by atoms with van der Waals surface area (Å²) in [5, 5.41) is 4.27. The second-order valence-corrected chi connectivity index (χ2v) is 11.0. The van der Waals surface area contributed by atoms with Gasteiger partial charge in [-0.15, -0.1) is 0 Å². The van der Waals surface area contributed by atoms with Crippen LogP contribution in [0.3, 0.4) is 0 Å². The molecule has 0 bridgehead atoms. The molecule has 0 unspecified atom stereocenters. The number of carbonyl (C=O) groups excluding carboxylic acids is 1. The molecule has 35 heavy (non-hydrogen) atoms. The van der Waals surface area contributed by atoms with Crippen LogP contribution in [0.15, 0.2) is 94.9 Å². The average Bonchev–Trinajstić information content (AvgIpc) is 2.86. The molecule has 0 fully saturated rings. The lowest BCUT2D eigenvalue weighted by atomic mass is 9.80. The molecule has 0 radical (unpaired) electrons. The highest BCUT2D eigenvalue weighted by Gasteiger charge is 2.28. The number of amides is 1. The van der Waals surface area contributed by atoms with Gasteiger partial charge in [0.2, 0.25) is 0 Å². The van der Waals surface area contributed by atoms with Crippen LogP contribution < -0.4 is 9.73 Å². The van der Waals surface area contributed by atoms with Crippen LogP contribution in [0.2, 0.25) is 0 Å². The predicted molar refractivity (Wildman–Crippen MR) is 142 cm³/mol. The molecule has 1 amide bonds. The van der Waals surface area contributed by atoms with Crippen LogP contribution in [0.1, 0.15) is 45.2 Å². The minimum Gasteiger partial charge on any atom is -0.271 e. The van der Waals surface area contributed by atoms with Gasteiger partial charge in [-0.3, -0.25) is 9.10 Å². The highest BCUT2D eigenvalue weighted by Crippen LogP contribution is 2.28. The Morgan fingerprint density at radius 2 is 1.49 bits per heavy atom. The van der Waals surface area contributed by atoms with E-state index in [1.54, 1.807) is 30.3 Å². The Kier molecular flexibility index (Phi) is 8.46. The van der Waals surface area contributed by atoms with Crippen molar-refractivity contribution in [3.8, 4) is 0 Å². The van der Waals surface area contributed by atoms with Gasteiger partial charge >= 0.3 is 0 Å². The second kappa shape index (κ2) is 11.3. The molecule has 1 N–H and O–H groups in total. The first-order valence-corrected chi connectivity index (χ1v) is 13.1. The van der Waals surface area contributed by atoms with Crippen molar-refractivity contribution in [2.45, 2.75) is 50.8 Å². The number of nitrogens with one attached hydrogen (secondary N) is 1. The van der Waals surface area contributed by atoms with Gasteiger partial charge in [0.15, 0.2) is 0 Å². The molecule has 6 nitrogen and oxygen atoms in total. The number of nitrogens with zero attached hydrogens (tertiary/aromatic N) is 2. The number of sulfonamides is 1. The highest BCUT2D eigenvalue weighted by molar-refractivity contribution is 7.92. The fraction of sp³-hybridized carbons (Fsp3) is 0.286. The summed E-state index contributed by atoms with van der Waals surface area (Å²) in [5.41, 5.74) is 5.65. The molecule has 0 aliphatic rings. The van der Waals surface area contributed by atoms with E-state index in [0.717, 1.165) is 15.6 Å². The van der Waals surface area contributed by atoms with E-state index in [-0.39, 0.29) is 16.9 Å². The van der Waals surface area contributed by atoms with Gasteiger partial charge in [-0.05, 0) is 54.5 Å². The van der Waals surface area contributed by atoms with Crippen LogP contribution >= 0.6 is 0 Å². The number of hydrogen-bond acceptors (Lipinski definition) is 4. The van der Waals surface area contributed by atoms with E-state index in [4.69, 9.17) is 0 Å². The Bertz CT molecular complexity index is 1270. The summed E-state index contributed by atoms with van der Waals surface area (Å²) < 4.78 is 28.2. The maximum Gasteiger partial charge on any atom is 0.264 e. The van der Waals surface area contributed by atoms with E-state index in [1.165, 1.54) is 17.7 Å². The van der Waals surface area contributed by atoms with Gasteiger partial charge in [0, 0.05) is 5.71 Å². The molecule has 0 aliphatic carbocycles. The number of rotatable bonds is 10. The van der Waals surface area contributed by atoms with E-state index in [1.807, 2.05) is 44.2 Å². The third-order valence-electron chi connectivity index (χ3n) is 5.88. The smallest absolute Gasteiger partial charge is 0.264 e.